The first kappa shape index (κ1) is 19.5. The summed E-state index contributed by atoms with van der Waals surface area (Å²) in [5.41, 5.74) is 7.30. The molecule has 7 heteroatoms. The van der Waals surface area contributed by atoms with Gasteiger partial charge in [-0.05, 0) is 43.2 Å². The van der Waals surface area contributed by atoms with Gasteiger partial charge in [-0.2, -0.15) is 0 Å². The third-order valence-corrected chi connectivity index (χ3v) is 5.45. The molecule has 2 N–H and O–H groups in total. The minimum atomic E-state index is -0.288. The number of amides is 1. The number of hydrogen-bond donors (Lipinski definition) is 2. The molecule has 4 rings (SSSR count). The third-order valence-electron chi connectivity index (χ3n) is 5.45. The number of carbonyl (C=O) groups excluding carboxylic acids is 1. The van der Waals surface area contributed by atoms with Crippen LogP contribution in [0.5, 0.6) is 17.2 Å². The molecule has 0 saturated carbocycles. The van der Waals surface area contributed by atoms with Gasteiger partial charge >= 0.3 is 0 Å². The van der Waals surface area contributed by atoms with Crippen LogP contribution in [-0.4, -0.2) is 49.8 Å². The number of benzene rings is 2. The topological polar surface area (TPSA) is 72.1 Å². The highest BCUT2D eigenvalue weighted by Gasteiger charge is 2.33. The first-order valence-electron chi connectivity index (χ1n) is 9.97. The fourth-order valence-electron chi connectivity index (χ4n) is 3.59. The first-order chi connectivity index (χ1) is 14.1. The van der Waals surface area contributed by atoms with Crippen molar-refractivity contribution in [2.24, 2.45) is 0 Å². The van der Waals surface area contributed by atoms with Crippen molar-refractivity contribution in [2.45, 2.75) is 31.5 Å². The zero-order chi connectivity index (χ0) is 20.2. The summed E-state index contributed by atoms with van der Waals surface area (Å²) in [7, 11) is 1.83. The highest BCUT2D eigenvalue weighted by atomic mass is 16.6. The summed E-state index contributed by atoms with van der Waals surface area (Å²) in [5.74, 6) is 2.36. The van der Waals surface area contributed by atoms with Crippen molar-refractivity contribution in [3.8, 4) is 17.2 Å². The third kappa shape index (κ3) is 4.46. The van der Waals surface area contributed by atoms with E-state index in [1.807, 2.05) is 62.5 Å². The van der Waals surface area contributed by atoms with E-state index in [1.54, 1.807) is 4.90 Å². The molecule has 2 aliphatic heterocycles. The summed E-state index contributed by atoms with van der Waals surface area (Å²) in [6.07, 6.45) is 0.671. The van der Waals surface area contributed by atoms with Gasteiger partial charge in [0, 0.05) is 7.05 Å². The molecule has 0 bridgehead atoms. The Kier molecular flexibility index (Phi) is 5.87. The molecule has 0 spiro atoms. The van der Waals surface area contributed by atoms with Gasteiger partial charge in [-0.15, -0.1) is 0 Å². The monoisotopic (exact) mass is 397 g/mol. The highest BCUT2D eigenvalue weighted by Crippen LogP contribution is 2.34. The molecule has 1 saturated heterocycles. The summed E-state index contributed by atoms with van der Waals surface area (Å²) in [5, 5.41) is 0. The van der Waals surface area contributed by atoms with Gasteiger partial charge in [0.15, 0.2) is 11.5 Å². The average Bonchev–Trinajstić information content (AvgIpc) is 3.25. The Bertz CT molecular complexity index is 845. The molecule has 2 heterocycles. The lowest BCUT2D eigenvalue weighted by Gasteiger charge is -2.28. The zero-order valence-corrected chi connectivity index (χ0v) is 16.8. The quantitative estimate of drug-likeness (QED) is 0.779. The minimum Gasteiger partial charge on any atom is -0.492 e. The zero-order valence-electron chi connectivity index (χ0n) is 16.8. The number of nitrogens with zero attached hydrogens (tertiary/aromatic N) is 1. The molecule has 2 aromatic carbocycles. The van der Waals surface area contributed by atoms with E-state index in [0.29, 0.717) is 26.2 Å². The molecule has 2 aliphatic rings. The maximum atomic E-state index is 13.0. The molecule has 1 amide bonds. The smallest absolute Gasteiger partial charge is 0.241 e. The van der Waals surface area contributed by atoms with Crippen LogP contribution in [0, 0.1) is 0 Å². The van der Waals surface area contributed by atoms with E-state index in [9.17, 15) is 4.79 Å². The molecular weight excluding hydrogens is 370 g/mol. The Morgan fingerprint density at radius 2 is 1.90 bits per heavy atom. The van der Waals surface area contributed by atoms with E-state index in [0.717, 1.165) is 22.8 Å². The Morgan fingerprint density at radius 1 is 1.14 bits per heavy atom. The summed E-state index contributed by atoms with van der Waals surface area (Å²) in [6, 6.07) is 15.2. The van der Waals surface area contributed by atoms with Crippen LogP contribution in [0.2, 0.25) is 0 Å². The molecule has 2 aromatic rings. The molecule has 0 radical (unpaired) electrons. The fraction of sp³-hybridized carbons (Fsp3) is 0.409. The van der Waals surface area contributed by atoms with Crippen molar-refractivity contribution in [2.75, 3.05) is 26.9 Å². The Hall–Kier alpha value is -2.77. The van der Waals surface area contributed by atoms with E-state index in [1.165, 1.54) is 0 Å². The van der Waals surface area contributed by atoms with Gasteiger partial charge in [-0.25, -0.2) is 5.43 Å². The number of likely N-dealkylation sites (N-methyl/N-ethyl adjacent to an activating group) is 1. The van der Waals surface area contributed by atoms with Gasteiger partial charge < -0.3 is 19.1 Å². The normalized spacial score (nSPS) is 21.4. The lowest BCUT2D eigenvalue weighted by Crippen LogP contribution is -2.45. The molecule has 0 aliphatic carbocycles. The number of fused-ring (bicyclic) bond motifs is 1. The molecule has 3 atom stereocenters. The molecule has 1 fully saturated rings. The second kappa shape index (κ2) is 8.71. The maximum absolute atomic E-state index is 13.0. The molecular formula is C22H27N3O4. The van der Waals surface area contributed by atoms with Crippen LogP contribution in [0.25, 0.3) is 0 Å². The van der Waals surface area contributed by atoms with Crippen LogP contribution in [0.4, 0.5) is 0 Å². The first-order valence-corrected chi connectivity index (χ1v) is 9.97. The van der Waals surface area contributed by atoms with E-state index in [4.69, 9.17) is 14.2 Å². The molecule has 3 unspecified atom stereocenters. The number of rotatable bonds is 6. The molecule has 29 heavy (non-hydrogen) atoms. The number of carbonyl (C=O) groups is 1. The summed E-state index contributed by atoms with van der Waals surface area (Å²) >= 11 is 0. The summed E-state index contributed by atoms with van der Waals surface area (Å²) in [6.45, 7) is 3.63. The van der Waals surface area contributed by atoms with Gasteiger partial charge in [0.1, 0.15) is 31.6 Å². The Labute approximate surface area is 170 Å². The summed E-state index contributed by atoms with van der Waals surface area (Å²) < 4.78 is 17.0. The SMILES string of the molecule is CC(c1ccc2c(c1)OCCO2)N(C)C(=O)C1CC(COc2ccccc2)NN1. The molecule has 154 valence electrons. The number of hydrazine groups is 1. The standard InChI is InChI=1S/C22H27N3O4/c1-15(16-8-9-20-21(12-16)28-11-10-27-20)25(2)22(26)19-13-17(23-24-19)14-29-18-6-4-3-5-7-18/h3-9,12,15,17,19,23-24H,10-11,13-14H2,1-2H3. The van der Waals surface area contributed by atoms with Crippen molar-refractivity contribution in [1.82, 2.24) is 15.8 Å². The lowest BCUT2D eigenvalue weighted by molar-refractivity contribution is -0.133. The van der Waals surface area contributed by atoms with Crippen molar-refractivity contribution in [3.05, 3.63) is 54.1 Å². The van der Waals surface area contributed by atoms with Gasteiger partial charge in [0.05, 0.1) is 12.1 Å². The van der Waals surface area contributed by atoms with Crippen molar-refractivity contribution < 1.29 is 19.0 Å². The lowest BCUT2D eigenvalue weighted by atomic mass is 10.0. The second-order valence-corrected chi connectivity index (χ2v) is 7.43. The van der Waals surface area contributed by atoms with Gasteiger partial charge in [-0.1, -0.05) is 24.3 Å². The van der Waals surface area contributed by atoms with Crippen LogP contribution in [0.1, 0.15) is 24.9 Å². The number of ether oxygens (including phenoxy) is 3. The predicted molar refractivity (Wildman–Crippen MR) is 109 cm³/mol. The molecule has 7 nitrogen and oxygen atoms in total. The van der Waals surface area contributed by atoms with E-state index in [-0.39, 0.29) is 24.0 Å². The Morgan fingerprint density at radius 3 is 2.69 bits per heavy atom. The van der Waals surface area contributed by atoms with Crippen molar-refractivity contribution >= 4 is 5.91 Å². The summed E-state index contributed by atoms with van der Waals surface area (Å²) in [4.78, 5) is 14.8. The predicted octanol–water partition coefficient (Wildman–Crippen LogP) is 2.29. The second-order valence-electron chi connectivity index (χ2n) is 7.43. The van der Waals surface area contributed by atoms with Crippen LogP contribution >= 0.6 is 0 Å². The number of para-hydroxylation sites is 1. The highest BCUT2D eigenvalue weighted by molar-refractivity contribution is 5.82. The van der Waals surface area contributed by atoms with E-state index >= 15 is 0 Å². The van der Waals surface area contributed by atoms with E-state index < -0.39 is 0 Å². The largest absolute Gasteiger partial charge is 0.492 e. The average molecular weight is 397 g/mol. The Balaban J connectivity index is 1.33. The van der Waals surface area contributed by atoms with Crippen molar-refractivity contribution in [1.29, 1.82) is 0 Å². The maximum Gasteiger partial charge on any atom is 0.241 e. The van der Waals surface area contributed by atoms with Gasteiger partial charge in [0.25, 0.3) is 0 Å². The van der Waals surface area contributed by atoms with Crippen LogP contribution < -0.4 is 25.1 Å². The minimum absolute atomic E-state index is 0.0436. The number of hydrogen-bond acceptors (Lipinski definition) is 6. The van der Waals surface area contributed by atoms with Crippen molar-refractivity contribution in [3.63, 3.8) is 0 Å². The van der Waals surface area contributed by atoms with Gasteiger partial charge in [-0.3, -0.25) is 10.2 Å². The molecule has 0 aromatic heterocycles. The fourth-order valence-corrected chi connectivity index (χ4v) is 3.59. The van der Waals surface area contributed by atoms with Crippen LogP contribution in [-0.2, 0) is 4.79 Å². The van der Waals surface area contributed by atoms with Crippen LogP contribution in [0.3, 0.4) is 0 Å². The van der Waals surface area contributed by atoms with Crippen LogP contribution in [0.15, 0.2) is 48.5 Å². The number of nitrogens with one attached hydrogen (secondary N) is 2. The van der Waals surface area contributed by atoms with E-state index in [2.05, 4.69) is 10.9 Å². The van der Waals surface area contributed by atoms with Gasteiger partial charge in [0.2, 0.25) is 5.91 Å².